The van der Waals surface area contributed by atoms with Crippen molar-refractivity contribution in [1.82, 2.24) is 0 Å². The van der Waals surface area contributed by atoms with Gasteiger partial charge in [-0.2, -0.15) is 0 Å². The Kier molecular flexibility index (Phi) is 4.81. The van der Waals surface area contributed by atoms with E-state index in [4.69, 9.17) is 4.43 Å². The molecule has 0 spiro atoms. The highest BCUT2D eigenvalue weighted by molar-refractivity contribution is 6.74. The fourth-order valence-corrected chi connectivity index (χ4v) is 4.46. The van der Waals surface area contributed by atoms with Crippen LogP contribution in [0.25, 0.3) is 6.08 Å². The van der Waals surface area contributed by atoms with Crippen LogP contribution in [0.5, 0.6) is 5.75 Å². The van der Waals surface area contributed by atoms with Crippen molar-refractivity contribution in [2.24, 2.45) is 0 Å². The first kappa shape index (κ1) is 13.0. The molecule has 1 aromatic carbocycles. The fraction of sp³-hybridized carbons (Fsp3) is 0.429. The average molecular weight is 234 g/mol. The third-order valence-corrected chi connectivity index (χ3v) is 7.92. The van der Waals surface area contributed by atoms with Crippen LogP contribution in [0.2, 0.25) is 18.1 Å². The predicted octanol–water partition coefficient (Wildman–Crippen LogP) is 4.71. The van der Waals surface area contributed by atoms with Crippen molar-refractivity contribution in [3.63, 3.8) is 0 Å². The zero-order chi connectivity index (χ0) is 12.0. The molecule has 2 heteroatoms. The van der Waals surface area contributed by atoms with Crippen LogP contribution in [-0.4, -0.2) is 8.32 Å². The van der Waals surface area contributed by atoms with Gasteiger partial charge in [-0.05, 0) is 35.8 Å². The number of hydrogen-bond donors (Lipinski definition) is 0. The first-order chi connectivity index (χ1) is 7.69. The van der Waals surface area contributed by atoms with Crippen molar-refractivity contribution in [2.45, 2.75) is 38.9 Å². The summed E-state index contributed by atoms with van der Waals surface area (Å²) in [5.74, 6) is 1.02. The Bertz CT molecular complexity index is 317. The average Bonchev–Trinajstić information content (AvgIpc) is 2.37. The molecule has 0 saturated carbocycles. The summed E-state index contributed by atoms with van der Waals surface area (Å²) in [6.45, 7) is 10.5. The smallest absolute Gasteiger partial charge is 0.250 e. The summed E-state index contributed by atoms with van der Waals surface area (Å²) in [4.78, 5) is 0. The molecule has 0 bridgehead atoms. The number of rotatable bonds is 6. The van der Waals surface area contributed by atoms with Crippen LogP contribution in [0.1, 0.15) is 26.3 Å². The molecule has 88 valence electrons. The van der Waals surface area contributed by atoms with Gasteiger partial charge in [-0.1, -0.05) is 45.6 Å². The number of hydrogen-bond acceptors (Lipinski definition) is 1. The van der Waals surface area contributed by atoms with Crippen LogP contribution in [-0.2, 0) is 0 Å². The molecule has 0 heterocycles. The van der Waals surface area contributed by atoms with Crippen molar-refractivity contribution in [1.29, 1.82) is 0 Å². The van der Waals surface area contributed by atoms with E-state index < -0.39 is 8.32 Å². The Labute approximate surface area is 100 Å². The molecule has 0 atom stereocenters. The highest BCUT2D eigenvalue weighted by atomic mass is 28.4. The van der Waals surface area contributed by atoms with Gasteiger partial charge >= 0.3 is 0 Å². The van der Waals surface area contributed by atoms with Gasteiger partial charge in [0.25, 0.3) is 0 Å². The van der Waals surface area contributed by atoms with Crippen LogP contribution in [0.4, 0.5) is 0 Å². The molecule has 0 aliphatic rings. The quantitative estimate of drug-likeness (QED) is 0.647. The van der Waals surface area contributed by atoms with E-state index in [2.05, 4.69) is 51.6 Å². The molecular formula is C14H22OSi. The van der Waals surface area contributed by atoms with E-state index in [9.17, 15) is 0 Å². The second-order valence-corrected chi connectivity index (χ2v) is 8.81. The molecule has 0 saturated heterocycles. The first-order valence-corrected chi connectivity index (χ1v) is 8.64. The molecule has 0 aromatic heterocycles. The minimum absolute atomic E-state index is 1.02. The summed E-state index contributed by atoms with van der Waals surface area (Å²) < 4.78 is 6.25. The van der Waals surface area contributed by atoms with Gasteiger partial charge in [-0.15, -0.1) is 0 Å². The third-order valence-electron chi connectivity index (χ3n) is 3.38. The van der Waals surface area contributed by atoms with Crippen LogP contribution < -0.4 is 4.43 Å². The van der Waals surface area contributed by atoms with E-state index >= 15 is 0 Å². The molecule has 1 nitrogen and oxygen atoms in total. The van der Waals surface area contributed by atoms with Crippen molar-refractivity contribution in [3.8, 4) is 5.75 Å². The molecular weight excluding hydrogens is 212 g/mol. The summed E-state index contributed by atoms with van der Waals surface area (Å²) in [7, 11) is -1.51. The molecule has 0 radical (unpaired) electrons. The normalized spacial score (nSPS) is 11.2. The second-order valence-electron chi connectivity index (χ2n) is 4.12. The van der Waals surface area contributed by atoms with Crippen LogP contribution in [0.3, 0.4) is 0 Å². The van der Waals surface area contributed by atoms with E-state index in [1.165, 1.54) is 18.1 Å². The summed E-state index contributed by atoms with van der Waals surface area (Å²) in [6, 6.07) is 11.8. The summed E-state index contributed by atoms with van der Waals surface area (Å²) in [5, 5.41) is 0. The highest BCUT2D eigenvalue weighted by Gasteiger charge is 2.30. The van der Waals surface area contributed by atoms with Crippen molar-refractivity contribution < 1.29 is 4.43 Å². The van der Waals surface area contributed by atoms with Gasteiger partial charge in [-0.25, -0.2) is 0 Å². The zero-order valence-corrected chi connectivity index (χ0v) is 11.6. The maximum absolute atomic E-state index is 6.25. The van der Waals surface area contributed by atoms with E-state index in [1.807, 2.05) is 6.08 Å². The topological polar surface area (TPSA) is 9.23 Å². The standard InChI is InChI=1S/C14H22OSi/c1-5-13-9-11-14(12-10-13)15-16(6-2,7-3)8-4/h5,9-12H,1,6-8H2,2-4H3. The minimum Gasteiger partial charge on any atom is -0.544 e. The third kappa shape index (κ3) is 2.98. The molecule has 0 N–H and O–H groups in total. The second kappa shape index (κ2) is 5.90. The summed E-state index contributed by atoms with van der Waals surface area (Å²) in [6.07, 6.45) is 1.86. The van der Waals surface area contributed by atoms with Crippen LogP contribution in [0, 0.1) is 0 Å². The Morgan fingerprint density at radius 3 is 1.94 bits per heavy atom. The fourth-order valence-electron chi connectivity index (χ4n) is 1.89. The van der Waals surface area contributed by atoms with Gasteiger partial charge in [0.1, 0.15) is 5.75 Å². The molecule has 0 amide bonds. The zero-order valence-electron chi connectivity index (χ0n) is 10.6. The van der Waals surface area contributed by atoms with E-state index in [1.54, 1.807) is 0 Å². The summed E-state index contributed by atoms with van der Waals surface area (Å²) >= 11 is 0. The number of benzene rings is 1. The van der Waals surface area contributed by atoms with Crippen LogP contribution in [0.15, 0.2) is 30.8 Å². The Morgan fingerprint density at radius 1 is 1.06 bits per heavy atom. The maximum atomic E-state index is 6.25. The Balaban J connectivity index is 2.81. The lowest BCUT2D eigenvalue weighted by Crippen LogP contribution is -2.39. The lowest BCUT2D eigenvalue weighted by molar-refractivity contribution is 0.532. The van der Waals surface area contributed by atoms with Gasteiger partial charge in [0.2, 0.25) is 8.32 Å². The van der Waals surface area contributed by atoms with Crippen molar-refractivity contribution in [2.75, 3.05) is 0 Å². The van der Waals surface area contributed by atoms with E-state index in [-0.39, 0.29) is 0 Å². The van der Waals surface area contributed by atoms with Gasteiger partial charge in [0.05, 0.1) is 0 Å². The molecule has 1 rings (SSSR count). The Hall–Kier alpha value is -1.02. The largest absolute Gasteiger partial charge is 0.544 e. The van der Waals surface area contributed by atoms with Crippen molar-refractivity contribution in [3.05, 3.63) is 36.4 Å². The molecule has 0 aliphatic heterocycles. The monoisotopic (exact) mass is 234 g/mol. The molecule has 0 fully saturated rings. The van der Waals surface area contributed by atoms with Gasteiger partial charge in [0, 0.05) is 0 Å². The van der Waals surface area contributed by atoms with Gasteiger partial charge < -0.3 is 4.43 Å². The van der Waals surface area contributed by atoms with Gasteiger partial charge in [0.15, 0.2) is 0 Å². The highest BCUT2D eigenvalue weighted by Crippen LogP contribution is 2.25. The molecule has 16 heavy (non-hydrogen) atoms. The van der Waals surface area contributed by atoms with E-state index in [0.717, 1.165) is 11.3 Å². The van der Waals surface area contributed by atoms with Gasteiger partial charge in [-0.3, -0.25) is 0 Å². The minimum atomic E-state index is -1.51. The molecule has 0 unspecified atom stereocenters. The summed E-state index contributed by atoms with van der Waals surface area (Å²) in [5.41, 5.74) is 1.14. The van der Waals surface area contributed by atoms with E-state index in [0.29, 0.717) is 0 Å². The molecule has 1 aromatic rings. The van der Waals surface area contributed by atoms with Crippen molar-refractivity contribution >= 4 is 14.4 Å². The lowest BCUT2D eigenvalue weighted by Gasteiger charge is -2.28. The maximum Gasteiger partial charge on any atom is 0.250 e. The SMILES string of the molecule is C=Cc1ccc(O[Si](CC)(CC)CC)cc1. The first-order valence-electron chi connectivity index (χ1n) is 6.11. The van der Waals surface area contributed by atoms with Crippen LogP contribution >= 0.6 is 0 Å². The lowest BCUT2D eigenvalue weighted by atomic mass is 10.2. The molecule has 0 aliphatic carbocycles. The Morgan fingerprint density at radius 2 is 1.56 bits per heavy atom. The predicted molar refractivity (Wildman–Crippen MR) is 74.4 cm³/mol.